The van der Waals surface area contributed by atoms with Crippen LogP contribution < -0.4 is 10.6 Å². The Bertz CT molecular complexity index is 666. The number of rotatable bonds is 3. The molecule has 2 N–H and O–H groups in total. The maximum absolute atomic E-state index is 12.2. The highest BCUT2D eigenvalue weighted by Crippen LogP contribution is 2.28. The van der Waals surface area contributed by atoms with Crippen LogP contribution in [0.15, 0.2) is 24.3 Å². The molecular formula is C14H15ClIN3OS. The van der Waals surface area contributed by atoms with Crippen LogP contribution in [0.25, 0.3) is 0 Å². The molecule has 7 heteroatoms. The third-order valence-corrected chi connectivity index (χ3v) is 4.53. The van der Waals surface area contributed by atoms with Gasteiger partial charge in [-0.15, -0.1) is 0 Å². The third kappa shape index (κ3) is 4.82. The molecule has 0 bridgehead atoms. The third-order valence-electron chi connectivity index (χ3n) is 2.37. The lowest BCUT2D eigenvalue weighted by Gasteiger charge is -2.19. The number of hydrogen-bond donors (Lipinski definition) is 2. The molecule has 21 heavy (non-hydrogen) atoms. The van der Waals surface area contributed by atoms with E-state index in [0.29, 0.717) is 15.8 Å². The molecule has 0 aliphatic rings. The largest absolute Gasteiger partial charge is 0.346 e. The average molecular weight is 436 g/mol. The standard InChI is InChI=1S/C14H15ClIN3OS/c1-14(2,3)19-12(20)10-11(16)21-13(18-10)17-9-6-4-5-8(15)7-9/h4-7H,1-3H3,(H,17,18)(H,19,20). The summed E-state index contributed by atoms with van der Waals surface area (Å²) in [4.78, 5) is 16.5. The monoisotopic (exact) mass is 435 g/mol. The zero-order chi connectivity index (χ0) is 15.6. The van der Waals surface area contributed by atoms with E-state index in [1.807, 2.05) is 39.0 Å². The Kier molecular flexibility index (Phi) is 5.11. The van der Waals surface area contributed by atoms with Crippen molar-refractivity contribution in [1.82, 2.24) is 10.3 Å². The first-order chi connectivity index (χ1) is 9.74. The molecule has 112 valence electrons. The summed E-state index contributed by atoms with van der Waals surface area (Å²) in [6.45, 7) is 5.82. The lowest BCUT2D eigenvalue weighted by Crippen LogP contribution is -2.41. The Morgan fingerprint density at radius 2 is 2.10 bits per heavy atom. The summed E-state index contributed by atoms with van der Waals surface area (Å²) < 4.78 is 0.846. The second kappa shape index (κ2) is 6.50. The normalized spacial score (nSPS) is 11.3. The van der Waals surface area contributed by atoms with Crippen LogP contribution in [0.4, 0.5) is 10.8 Å². The van der Waals surface area contributed by atoms with E-state index in [1.54, 1.807) is 6.07 Å². The van der Waals surface area contributed by atoms with Crippen LogP contribution in [0.3, 0.4) is 0 Å². The minimum atomic E-state index is -0.287. The smallest absolute Gasteiger partial charge is 0.272 e. The highest BCUT2D eigenvalue weighted by molar-refractivity contribution is 14.1. The summed E-state index contributed by atoms with van der Waals surface area (Å²) >= 11 is 9.50. The molecule has 0 saturated heterocycles. The lowest BCUT2D eigenvalue weighted by atomic mass is 10.1. The van der Waals surface area contributed by atoms with E-state index >= 15 is 0 Å². The fourth-order valence-corrected chi connectivity index (χ4v) is 3.48. The van der Waals surface area contributed by atoms with Crippen molar-refractivity contribution >= 4 is 62.3 Å². The van der Waals surface area contributed by atoms with Crippen LogP contribution in [0.1, 0.15) is 31.3 Å². The number of amides is 1. The number of anilines is 2. The number of thiazole rings is 1. The SMILES string of the molecule is CC(C)(C)NC(=O)c1nc(Nc2cccc(Cl)c2)sc1I. The van der Waals surface area contributed by atoms with E-state index in [0.717, 1.165) is 8.57 Å². The number of hydrogen-bond acceptors (Lipinski definition) is 4. The van der Waals surface area contributed by atoms with Crippen molar-refractivity contribution in [2.75, 3.05) is 5.32 Å². The first-order valence-electron chi connectivity index (χ1n) is 6.26. The van der Waals surface area contributed by atoms with E-state index in [1.165, 1.54) is 11.3 Å². The second-order valence-corrected chi connectivity index (χ2v) is 8.73. The Morgan fingerprint density at radius 1 is 1.38 bits per heavy atom. The van der Waals surface area contributed by atoms with Crippen molar-refractivity contribution in [2.45, 2.75) is 26.3 Å². The Balaban J connectivity index is 2.17. The molecule has 4 nitrogen and oxygen atoms in total. The zero-order valence-corrected chi connectivity index (χ0v) is 15.6. The molecule has 0 fully saturated rings. The molecule has 1 aromatic carbocycles. The number of carbonyl (C=O) groups is 1. The molecule has 2 rings (SSSR count). The number of nitrogens with one attached hydrogen (secondary N) is 2. The van der Waals surface area contributed by atoms with Gasteiger partial charge in [-0.25, -0.2) is 4.98 Å². The predicted octanol–water partition coefficient (Wildman–Crippen LogP) is 4.67. The summed E-state index contributed by atoms with van der Waals surface area (Å²) in [5.74, 6) is -0.165. The first kappa shape index (κ1) is 16.5. The van der Waals surface area contributed by atoms with E-state index in [9.17, 15) is 4.79 Å². The number of aromatic nitrogens is 1. The van der Waals surface area contributed by atoms with Crippen LogP contribution in [0.2, 0.25) is 5.02 Å². The van der Waals surface area contributed by atoms with Gasteiger partial charge in [0, 0.05) is 16.2 Å². The molecular weight excluding hydrogens is 421 g/mol. The minimum absolute atomic E-state index is 0.165. The highest BCUT2D eigenvalue weighted by atomic mass is 127. The molecule has 1 aromatic heterocycles. The van der Waals surface area contributed by atoms with Gasteiger partial charge in [0.15, 0.2) is 10.8 Å². The quantitative estimate of drug-likeness (QED) is 0.689. The van der Waals surface area contributed by atoms with E-state index < -0.39 is 0 Å². The first-order valence-corrected chi connectivity index (χ1v) is 8.53. The van der Waals surface area contributed by atoms with Gasteiger partial charge in [0.05, 0.1) is 0 Å². The number of nitrogens with zero attached hydrogens (tertiary/aromatic N) is 1. The van der Waals surface area contributed by atoms with Gasteiger partial charge < -0.3 is 10.6 Å². The number of benzene rings is 1. The zero-order valence-electron chi connectivity index (χ0n) is 11.8. The summed E-state index contributed by atoms with van der Waals surface area (Å²) in [7, 11) is 0. The number of carbonyl (C=O) groups excluding carboxylic acids is 1. The molecule has 2 aromatic rings. The molecule has 1 heterocycles. The van der Waals surface area contributed by atoms with E-state index in [4.69, 9.17) is 11.6 Å². The van der Waals surface area contributed by atoms with Crippen LogP contribution in [0.5, 0.6) is 0 Å². The fourth-order valence-electron chi connectivity index (χ4n) is 1.58. The van der Waals surface area contributed by atoms with E-state index in [2.05, 4.69) is 38.2 Å². The van der Waals surface area contributed by atoms with Gasteiger partial charge in [-0.1, -0.05) is 29.0 Å². The minimum Gasteiger partial charge on any atom is -0.346 e. The molecule has 0 aliphatic carbocycles. The second-order valence-electron chi connectivity index (χ2n) is 5.48. The Labute approximate surface area is 146 Å². The molecule has 0 aliphatic heterocycles. The Hall–Kier alpha value is -0.860. The maximum atomic E-state index is 12.2. The van der Waals surface area contributed by atoms with Gasteiger partial charge in [0.2, 0.25) is 0 Å². The van der Waals surface area contributed by atoms with Crippen LogP contribution >= 0.6 is 45.5 Å². The van der Waals surface area contributed by atoms with Crippen molar-refractivity contribution in [3.8, 4) is 0 Å². The van der Waals surface area contributed by atoms with Crippen LogP contribution in [0, 0.1) is 2.88 Å². The van der Waals surface area contributed by atoms with Gasteiger partial charge in [-0.05, 0) is 61.6 Å². The van der Waals surface area contributed by atoms with Crippen molar-refractivity contribution in [3.63, 3.8) is 0 Å². The average Bonchev–Trinajstić information content (AvgIpc) is 2.68. The van der Waals surface area contributed by atoms with Crippen molar-refractivity contribution < 1.29 is 4.79 Å². The van der Waals surface area contributed by atoms with E-state index in [-0.39, 0.29) is 11.4 Å². The molecule has 0 spiro atoms. The van der Waals surface area contributed by atoms with Gasteiger partial charge in [-0.3, -0.25) is 4.79 Å². The summed E-state index contributed by atoms with van der Waals surface area (Å²) in [6.07, 6.45) is 0. The van der Waals surface area contributed by atoms with Gasteiger partial charge in [0.1, 0.15) is 2.88 Å². The van der Waals surface area contributed by atoms with Crippen molar-refractivity contribution in [3.05, 3.63) is 37.9 Å². The maximum Gasteiger partial charge on any atom is 0.272 e. The number of halogens is 2. The van der Waals surface area contributed by atoms with Crippen LogP contribution in [-0.2, 0) is 0 Å². The molecule has 0 radical (unpaired) electrons. The lowest BCUT2D eigenvalue weighted by molar-refractivity contribution is 0.0914. The van der Waals surface area contributed by atoms with Crippen LogP contribution in [-0.4, -0.2) is 16.4 Å². The van der Waals surface area contributed by atoms with Gasteiger partial charge in [0.25, 0.3) is 5.91 Å². The summed E-state index contributed by atoms with van der Waals surface area (Å²) in [5.41, 5.74) is 1.00. The topological polar surface area (TPSA) is 54.0 Å². The van der Waals surface area contributed by atoms with Crippen molar-refractivity contribution in [1.29, 1.82) is 0 Å². The predicted molar refractivity (Wildman–Crippen MR) is 96.8 cm³/mol. The molecule has 0 saturated carbocycles. The van der Waals surface area contributed by atoms with Gasteiger partial charge in [-0.2, -0.15) is 0 Å². The summed E-state index contributed by atoms with van der Waals surface area (Å²) in [6, 6.07) is 7.37. The summed E-state index contributed by atoms with van der Waals surface area (Å²) in [5, 5.41) is 7.39. The molecule has 0 atom stereocenters. The van der Waals surface area contributed by atoms with Gasteiger partial charge >= 0.3 is 0 Å². The highest BCUT2D eigenvalue weighted by Gasteiger charge is 2.21. The Morgan fingerprint density at radius 3 is 2.71 bits per heavy atom. The fraction of sp³-hybridized carbons (Fsp3) is 0.286. The van der Waals surface area contributed by atoms with Crippen molar-refractivity contribution in [2.24, 2.45) is 0 Å². The molecule has 1 amide bonds. The molecule has 0 unspecified atom stereocenters.